The van der Waals surface area contributed by atoms with Gasteiger partial charge in [0.15, 0.2) is 0 Å². The number of hydrogen-bond acceptors (Lipinski definition) is 6. The fraction of sp³-hybridized carbons (Fsp3) is 0.417. The summed E-state index contributed by atoms with van der Waals surface area (Å²) >= 11 is 0. The third kappa shape index (κ3) is 5.22. The van der Waals surface area contributed by atoms with Gasteiger partial charge >= 0.3 is 6.61 Å². The van der Waals surface area contributed by atoms with Crippen molar-refractivity contribution in [2.75, 3.05) is 20.3 Å². The van der Waals surface area contributed by atoms with Crippen molar-refractivity contribution < 1.29 is 32.9 Å². The average molecular weight is 475 g/mol. The molecule has 0 bridgehead atoms. The Kier molecular flexibility index (Phi) is 6.60. The van der Waals surface area contributed by atoms with Crippen molar-refractivity contribution in [1.29, 1.82) is 0 Å². The van der Waals surface area contributed by atoms with Crippen molar-refractivity contribution >= 4 is 11.6 Å². The summed E-state index contributed by atoms with van der Waals surface area (Å²) in [6.45, 7) is 0.976. The van der Waals surface area contributed by atoms with Crippen LogP contribution in [0.1, 0.15) is 37.0 Å². The normalized spacial score (nSPS) is 13.9. The van der Waals surface area contributed by atoms with E-state index in [9.17, 15) is 18.7 Å². The summed E-state index contributed by atoms with van der Waals surface area (Å²) in [6.07, 6.45) is 5.03. The molecular formula is C24H27F2N3O5. The summed E-state index contributed by atoms with van der Waals surface area (Å²) in [7, 11) is 1.37. The van der Waals surface area contributed by atoms with Crippen molar-refractivity contribution in [3.63, 3.8) is 0 Å². The Morgan fingerprint density at radius 3 is 2.68 bits per heavy atom. The van der Waals surface area contributed by atoms with Gasteiger partial charge in [0, 0.05) is 29.3 Å². The lowest BCUT2D eigenvalue weighted by atomic mass is 9.97. The molecule has 0 atom stereocenters. The Morgan fingerprint density at radius 2 is 2.03 bits per heavy atom. The highest BCUT2D eigenvalue weighted by Gasteiger charge is 2.29. The number of methoxy groups -OCH3 is 1. The number of rotatable bonds is 10. The van der Waals surface area contributed by atoms with Gasteiger partial charge < -0.3 is 24.6 Å². The quantitative estimate of drug-likeness (QED) is 0.462. The van der Waals surface area contributed by atoms with Crippen LogP contribution in [0.4, 0.5) is 8.78 Å². The number of nitrogens with one attached hydrogen (secondary N) is 1. The maximum absolute atomic E-state index is 13.2. The summed E-state index contributed by atoms with van der Waals surface area (Å²) in [5.41, 5.74) is 1.18. The second kappa shape index (κ2) is 9.46. The van der Waals surface area contributed by atoms with Gasteiger partial charge in [-0.15, -0.1) is 0 Å². The lowest BCUT2D eigenvalue weighted by molar-refractivity contribution is -0.0502. The number of fused-ring (bicyclic) bond motifs is 1. The zero-order chi connectivity index (χ0) is 24.5. The zero-order valence-electron chi connectivity index (χ0n) is 19.2. The minimum Gasteiger partial charge on any atom is -0.496 e. The van der Waals surface area contributed by atoms with E-state index < -0.39 is 17.9 Å². The molecule has 0 radical (unpaired) electrons. The van der Waals surface area contributed by atoms with Crippen molar-refractivity contribution in [2.24, 2.45) is 5.41 Å². The molecule has 34 heavy (non-hydrogen) atoms. The van der Waals surface area contributed by atoms with E-state index in [1.807, 2.05) is 13.8 Å². The van der Waals surface area contributed by atoms with E-state index in [-0.39, 0.29) is 29.7 Å². The van der Waals surface area contributed by atoms with Crippen LogP contribution in [0.15, 0.2) is 36.7 Å². The minimum absolute atomic E-state index is 0.0116. The van der Waals surface area contributed by atoms with Crippen LogP contribution in [0.25, 0.3) is 16.9 Å². The third-order valence-corrected chi connectivity index (χ3v) is 5.48. The second-order valence-electron chi connectivity index (χ2n) is 9.02. The number of halogens is 2. The van der Waals surface area contributed by atoms with Gasteiger partial charge in [-0.25, -0.2) is 4.98 Å². The molecule has 0 spiro atoms. The van der Waals surface area contributed by atoms with E-state index in [0.717, 1.165) is 12.8 Å². The van der Waals surface area contributed by atoms with Gasteiger partial charge in [-0.2, -0.15) is 8.78 Å². The van der Waals surface area contributed by atoms with Gasteiger partial charge in [-0.05, 0) is 31.0 Å². The predicted molar refractivity (Wildman–Crippen MR) is 121 cm³/mol. The molecule has 1 aliphatic carbocycles. The zero-order valence-corrected chi connectivity index (χ0v) is 19.2. The number of nitrogens with zero attached hydrogens (tertiary/aromatic N) is 2. The van der Waals surface area contributed by atoms with Crippen LogP contribution in [0.2, 0.25) is 0 Å². The SMILES string of the molecule is COc1cc(-c2cnc3cc(OCC(C)(C)CO)ccn23)cc(OC(F)F)c1C(=O)NC1CC1. The molecule has 182 valence electrons. The van der Waals surface area contributed by atoms with Gasteiger partial charge in [-0.1, -0.05) is 13.8 Å². The number of aliphatic hydroxyl groups is 1. The van der Waals surface area contributed by atoms with E-state index in [0.29, 0.717) is 29.3 Å². The third-order valence-electron chi connectivity index (χ3n) is 5.48. The molecule has 4 rings (SSSR count). The first kappa shape index (κ1) is 23.7. The van der Waals surface area contributed by atoms with E-state index in [2.05, 4.69) is 10.3 Å². The summed E-state index contributed by atoms with van der Waals surface area (Å²) < 4.78 is 44.0. The van der Waals surface area contributed by atoms with Crippen LogP contribution in [0.3, 0.4) is 0 Å². The molecular weight excluding hydrogens is 448 g/mol. The number of carbonyl (C=O) groups excluding carboxylic acids is 1. The summed E-state index contributed by atoms with van der Waals surface area (Å²) in [5, 5.41) is 12.2. The molecule has 1 amide bonds. The Balaban J connectivity index is 1.70. The molecule has 2 aromatic heterocycles. The van der Waals surface area contributed by atoms with Crippen molar-refractivity contribution in [3.8, 4) is 28.5 Å². The van der Waals surface area contributed by atoms with Gasteiger partial charge in [-0.3, -0.25) is 9.20 Å². The largest absolute Gasteiger partial charge is 0.496 e. The number of benzene rings is 1. The Hall–Kier alpha value is -3.40. The highest BCUT2D eigenvalue weighted by Crippen LogP contribution is 2.37. The standard InChI is InChI=1S/C24H27F2N3O5/c1-24(2,12-30)13-33-16-6-7-29-17(11-27-20(29)10-16)14-8-18(32-3)21(19(9-14)34-23(25)26)22(31)28-15-4-5-15/h6-11,15,23,30H,4-5,12-13H2,1-3H3,(H,28,31). The van der Waals surface area contributed by atoms with Gasteiger partial charge in [0.05, 0.1) is 32.2 Å². The van der Waals surface area contributed by atoms with Gasteiger partial charge in [0.25, 0.3) is 5.91 Å². The number of imidazole rings is 1. The Bertz CT molecular complexity index is 1190. The van der Waals surface area contributed by atoms with Crippen LogP contribution in [-0.4, -0.2) is 53.4 Å². The highest BCUT2D eigenvalue weighted by atomic mass is 19.3. The lowest BCUT2D eigenvalue weighted by Crippen LogP contribution is -2.26. The van der Waals surface area contributed by atoms with E-state index in [1.165, 1.54) is 13.2 Å². The van der Waals surface area contributed by atoms with Crippen LogP contribution in [0, 0.1) is 5.41 Å². The number of ether oxygens (including phenoxy) is 3. The van der Waals surface area contributed by atoms with Crippen LogP contribution >= 0.6 is 0 Å². The molecule has 0 saturated heterocycles. The number of carbonyl (C=O) groups is 1. The fourth-order valence-corrected chi connectivity index (χ4v) is 3.39. The highest BCUT2D eigenvalue weighted by molar-refractivity contribution is 6.01. The molecule has 1 aliphatic rings. The Labute approximate surface area is 195 Å². The molecule has 8 nitrogen and oxygen atoms in total. The van der Waals surface area contributed by atoms with E-state index in [1.54, 1.807) is 35.0 Å². The first-order chi connectivity index (χ1) is 16.2. The molecule has 2 N–H and O–H groups in total. The van der Waals surface area contributed by atoms with Crippen LogP contribution < -0.4 is 19.5 Å². The number of aliphatic hydroxyl groups excluding tert-OH is 1. The molecule has 3 aromatic rings. The number of aromatic nitrogens is 2. The molecule has 1 saturated carbocycles. The summed E-state index contributed by atoms with van der Waals surface area (Å²) in [5.74, 6) is -0.0964. The monoisotopic (exact) mass is 475 g/mol. The van der Waals surface area contributed by atoms with Crippen LogP contribution in [-0.2, 0) is 0 Å². The fourth-order valence-electron chi connectivity index (χ4n) is 3.39. The van der Waals surface area contributed by atoms with E-state index >= 15 is 0 Å². The van der Waals surface area contributed by atoms with Gasteiger partial charge in [0.1, 0.15) is 28.5 Å². The Morgan fingerprint density at radius 1 is 1.29 bits per heavy atom. The molecule has 1 aromatic carbocycles. The maximum atomic E-state index is 13.2. The number of amides is 1. The molecule has 2 heterocycles. The first-order valence-electron chi connectivity index (χ1n) is 10.9. The topological polar surface area (TPSA) is 94.3 Å². The number of alkyl halides is 2. The van der Waals surface area contributed by atoms with Crippen LogP contribution in [0.5, 0.6) is 17.2 Å². The molecule has 0 unspecified atom stereocenters. The summed E-state index contributed by atoms with van der Waals surface area (Å²) in [4.78, 5) is 17.1. The second-order valence-corrected chi connectivity index (χ2v) is 9.02. The minimum atomic E-state index is -3.11. The maximum Gasteiger partial charge on any atom is 0.387 e. The summed E-state index contributed by atoms with van der Waals surface area (Å²) in [6, 6.07) is 6.50. The predicted octanol–water partition coefficient (Wildman–Crippen LogP) is 3.90. The molecule has 0 aliphatic heterocycles. The lowest BCUT2D eigenvalue weighted by Gasteiger charge is -2.21. The number of hydrogen-bond donors (Lipinski definition) is 2. The van der Waals surface area contributed by atoms with Crippen molar-refractivity contribution in [2.45, 2.75) is 39.3 Å². The molecule has 1 fully saturated rings. The molecule has 10 heteroatoms. The average Bonchev–Trinajstić information content (AvgIpc) is 3.51. The van der Waals surface area contributed by atoms with Gasteiger partial charge in [0.2, 0.25) is 0 Å². The van der Waals surface area contributed by atoms with Crippen molar-refractivity contribution in [1.82, 2.24) is 14.7 Å². The van der Waals surface area contributed by atoms with Crippen molar-refractivity contribution in [3.05, 3.63) is 42.2 Å². The number of pyridine rings is 1. The first-order valence-corrected chi connectivity index (χ1v) is 10.9. The van der Waals surface area contributed by atoms with E-state index in [4.69, 9.17) is 14.2 Å². The smallest absolute Gasteiger partial charge is 0.387 e.